The van der Waals surface area contributed by atoms with Gasteiger partial charge in [0, 0.05) is 25.5 Å². The zero-order valence-electron chi connectivity index (χ0n) is 11.6. The number of nitrogens with zero attached hydrogens (tertiary/aromatic N) is 1. The normalized spacial score (nSPS) is 34.2. The first kappa shape index (κ1) is 14.2. The molecule has 108 valence electrons. The fourth-order valence-electron chi connectivity index (χ4n) is 3.10. The van der Waals surface area contributed by atoms with E-state index < -0.39 is 23.7 Å². The summed E-state index contributed by atoms with van der Waals surface area (Å²) in [6.45, 7) is 4.26. The average molecular weight is 272 g/mol. The molecule has 0 aromatic rings. The average Bonchev–Trinajstić information content (AvgIpc) is 2.73. The summed E-state index contributed by atoms with van der Waals surface area (Å²) in [5.74, 6) is -0.294. The molecule has 0 aliphatic carbocycles. The van der Waals surface area contributed by atoms with Crippen LogP contribution in [0.3, 0.4) is 0 Å². The van der Waals surface area contributed by atoms with Gasteiger partial charge in [0.25, 0.3) is 0 Å². The predicted octanol–water partition coefficient (Wildman–Crippen LogP) is 0.486. The van der Waals surface area contributed by atoms with Gasteiger partial charge in [-0.1, -0.05) is 13.8 Å². The summed E-state index contributed by atoms with van der Waals surface area (Å²) >= 11 is 0. The van der Waals surface area contributed by atoms with Gasteiger partial charge in [-0.25, -0.2) is 4.39 Å². The second-order valence-electron chi connectivity index (χ2n) is 6.04. The van der Waals surface area contributed by atoms with Crippen LogP contribution >= 0.6 is 0 Å². The Morgan fingerprint density at radius 2 is 2.21 bits per heavy atom. The Morgan fingerprint density at radius 3 is 2.68 bits per heavy atom. The fourth-order valence-corrected chi connectivity index (χ4v) is 3.10. The molecule has 0 radical (unpaired) electrons. The van der Waals surface area contributed by atoms with Crippen molar-refractivity contribution in [1.82, 2.24) is 10.2 Å². The molecule has 2 fully saturated rings. The number of piperidine rings is 1. The Bertz CT molecular complexity index is 386. The third-order valence-corrected chi connectivity index (χ3v) is 3.95. The molecule has 1 N–H and O–H groups in total. The highest BCUT2D eigenvalue weighted by Crippen LogP contribution is 2.33. The monoisotopic (exact) mass is 272 g/mol. The number of rotatable bonds is 2. The van der Waals surface area contributed by atoms with Crippen LogP contribution in [-0.2, 0) is 14.3 Å². The number of hydrogen-bond donors (Lipinski definition) is 1. The van der Waals surface area contributed by atoms with Gasteiger partial charge >= 0.3 is 0 Å². The summed E-state index contributed by atoms with van der Waals surface area (Å²) in [5.41, 5.74) is -0.440. The SMILES string of the molecule is CO[C@@H]1[C@H](F)CN(C(=O)C2CCC(=O)N2)CC1(C)C. The maximum absolute atomic E-state index is 14.1. The minimum absolute atomic E-state index is 0.0349. The topological polar surface area (TPSA) is 58.6 Å². The Hall–Kier alpha value is -1.17. The highest BCUT2D eigenvalue weighted by molar-refractivity contribution is 5.90. The molecular weight excluding hydrogens is 251 g/mol. The van der Waals surface area contributed by atoms with E-state index in [9.17, 15) is 14.0 Å². The molecule has 2 aliphatic rings. The standard InChI is InChI=1S/C13H21FN2O3/c1-13(2)7-16(6-8(14)11(13)19-3)12(18)9-4-5-10(17)15-9/h8-9,11H,4-7H2,1-3H3,(H,15,17)/t8-,9?,11-/m1/s1. The second kappa shape index (κ2) is 5.07. The minimum Gasteiger partial charge on any atom is -0.378 e. The first-order valence-corrected chi connectivity index (χ1v) is 6.60. The number of carbonyl (C=O) groups is 2. The van der Waals surface area contributed by atoms with Crippen molar-refractivity contribution < 1.29 is 18.7 Å². The van der Waals surface area contributed by atoms with Crippen LogP contribution in [0.15, 0.2) is 0 Å². The Kier molecular flexibility index (Phi) is 3.80. The van der Waals surface area contributed by atoms with E-state index in [-0.39, 0.29) is 18.4 Å². The van der Waals surface area contributed by atoms with Crippen molar-refractivity contribution >= 4 is 11.8 Å². The number of carbonyl (C=O) groups excluding carboxylic acids is 2. The minimum atomic E-state index is -1.20. The maximum atomic E-state index is 14.1. The van der Waals surface area contributed by atoms with Crippen LogP contribution in [0.5, 0.6) is 0 Å². The molecule has 3 atom stereocenters. The van der Waals surface area contributed by atoms with Gasteiger partial charge in [0.1, 0.15) is 12.2 Å². The molecule has 2 aliphatic heterocycles. The molecule has 6 heteroatoms. The van der Waals surface area contributed by atoms with Gasteiger partial charge in [-0.2, -0.15) is 0 Å². The molecule has 0 aromatic heterocycles. The largest absolute Gasteiger partial charge is 0.378 e. The molecule has 2 heterocycles. The van der Waals surface area contributed by atoms with E-state index in [1.807, 2.05) is 13.8 Å². The molecule has 19 heavy (non-hydrogen) atoms. The predicted molar refractivity (Wildman–Crippen MR) is 67.2 cm³/mol. The van der Waals surface area contributed by atoms with Crippen molar-refractivity contribution in [3.05, 3.63) is 0 Å². The summed E-state index contributed by atoms with van der Waals surface area (Å²) in [6.07, 6.45) is -0.836. The number of halogens is 1. The van der Waals surface area contributed by atoms with Gasteiger partial charge in [-0.3, -0.25) is 9.59 Å². The van der Waals surface area contributed by atoms with Gasteiger partial charge in [0.15, 0.2) is 0 Å². The zero-order valence-corrected chi connectivity index (χ0v) is 11.6. The lowest BCUT2D eigenvalue weighted by Gasteiger charge is -2.45. The lowest BCUT2D eigenvalue weighted by Crippen LogP contribution is -2.59. The van der Waals surface area contributed by atoms with E-state index in [0.717, 1.165) is 0 Å². The summed E-state index contributed by atoms with van der Waals surface area (Å²) in [5, 5.41) is 2.63. The molecule has 0 aromatic carbocycles. The molecule has 0 spiro atoms. The lowest BCUT2D eigenvalue weighted by atomic mass is 9.80. The molecule has 2 rings (SSSR count). The van der Waals surface area contributed by atoms with Crippen LogP contribution in [0.1, 0.15) is 26.7 Å². The van der Waals surface area contributed by atoms with Crippen LogP contribution in [0.25, 0.3) is 0 Å². The zero-order chi connectivity index (χ0) is 14.2. The van der Waals surface area contributed by atoms with E-state index in [2.05, 4.69) is 5.32 Å². The molecule has 2 amide bonds. The van der Waals surface area contributed by atoms with Crippen LogP contribution in [-0.4, -0.2) is 55.2 Å². The van der Waals surface area contributed by atoms with Crippen molar-refractivity contribution in [1.29, 1.82) is 0 Å². The van der Waals surface area contributed by atoms with E-state index >= 15 is 0 Å². The molecule has 2 saturated heterocycles. The maximum Gasteiger partial charge on any atom is 0.245 e. The fraction of sp³-hybridized carbons (Fsp3) is 0.846. The summed E-state index contributed by atoms with van der Waals surface area (Å²) < 4.78 is 19.3. The molecule has 5 nitrogen and oxygen atoms in total. The smallest absolute Gasteiger partial charge is 0.245 e. The van der Waals surface area contributed by atoms with E-state index in [0.29, 0.717) is 19.4 Å². The number of methoxy groups -OCH3 is 1. The van der Waals surface area contributed by atoms with Gasteiger partial charge in [-0.05, 0) is 6.42 Å². The van der Waals surface area contributed by atoms with Crippen molar-refractivity contribution in [2.75, 3.05) is 20.2 Å². The van der Waals surface area contributed by atoms with Crippen molar-refractivity contribution in [2.45, 2.75) is 45.0 Å². The summed E-state index contributed by atoms with van der Waals surface area (Å²) in [7, 11) is 1.49. The number of nitrogens with one attached hydrogen (secondary N) is 1. The molecule has 1 unspecified atom stereocenters. The molecular formula is C13H21FN2O3. The Labute approximate surface area is 112 Å². The van der Waals surface area contributed by atoms with Gasteiger partial charge < -0.3 is 15.0 Å². The number of likely N-dealkylation sites (tertiary alicyclic amines) is 1. The van der Waals surface area contributed by atoms with Crippen LogP contribution in [0.2, 0.25) is 0 Å². The second-order valence-corrected chi connectivity index (χ2v) is 6.04. The number of alkyl halides is 1. The van der Waals surface area contributed by atoms with Gasteiger partial charge in [0.05, 0.1) is 12.6 Å². The van der Waals surface area contributed by atoms with Gasteiger partial charge in [0.2, 0.25) is 11.8 Å². The third kappa shape index (κ3) is 2.73. The van der Waals surface area contributed by atoms with Crippen LogP contribution in [0, 0.1) is 5.41 Å². The summed E-state index contributed by atoms with van der Waals surface area (Å²) in [4.78, 5) is 24.9. The van der Waals surface area contributed by atoms with Gasteiger partial charge in [-0.15, -0.1) is 0 Å². The Balaban J connectivity index is 2.06. The van der Waals surface area contributed by atoms with Crippen molar-refractivity contribution in [3.63, 3.8) is 0 Å². The van der Waals surface area contributed by atoms with Crippen molar-refractivity contribution in [2.24, 2.45) is 5.41 Å². The van der Waals surface area contributed by atoms with Crippen LogP contribution < -0.4 is 5.32 Å². The highest BCUT2D eigenvalue weighted by Gasteiger charge is 2.45. The lowest BCUT2D eigenvalue weighted by molar-refractivity contribution is -0.148. The molecule has 0 saturated carbocycles. The van der Waals surface area contributed by atoms with E-state index in [1.54, 1.807) is 0 Å². The number of amides is 2. The quantitative estimate of drug-likeness (QED) is 0.796. The number of hydrogen-bond acceptors (Lipinski definition) is 3. The first-order valence-electron chi connectivity index (χ1n) is 6.60. The number of ether oxygens (including phenoxy) is 1. The molecule has 0 bridgehead atoms. The van der Waals surface area contributed by atoms with Crippen LogP contribution in [0.4, 0.5) is 4.39 Å². The Morgan fingerprint density at radius 1 is 1.53 bits per heavy atom. The third-order valence-electron chi connectivity index (χ3n) is 3.95. The van der Waals surface area contributed by atoms with E-state index in [4.69, 9.17) is 4.74 Å². The summed E-state index contributed by atoms with van der Waals surface area (Å²) in [6, 6.07) is -0.491. The van der Waals surface area contributed by atoms with E-state index in [1.165, 1.54) is 12.0 Å². The first-order chi connectivity index (χ1) is 8.85. The van der Waals surface area contributed by atoms with Crippen molar-refractivity contribution in [3.8, 4) is 0 Å². The highest BCUT2D eigenvalue weighted by atomic mass is 19.1.